The Morgan fingerprint density at radius 1 is 1.00 bits per heavy atom. The van der Waals surface area contributed by atoms with Crippen LogP contribution in [-0.4, -0.2) is 5.78 Å². The van der Waals surface area contributed by atoms with Gasteiger partial charge in [0.1, 0.15) is 0 Å². The van der Waals surface area contributed by atoms with Crippen molar-refractivity contribution in [3.8, 4) is 0 Å². The normalized spacial score (nSPS) is 30.9. The van der Waals surface area contributed by atoms with E-state index in [9.17, 15) is 4.79 Å². The van der Waals surface area contributed by atoms with Crippen molar-refractivity contribution in [3.63, 3.8) is 0 Å². The number of hydrogen-bond acceptors (Lipinski definition) is 1. The van der Waals surface area contributed by atoms with Gasteiger partial charge in [-0.3, -0.25) is 4.79 Å². The maximum Gasteiger partial charge on any atom is 0.155 e. The van der Waals surface area contributed by atoms with Gasteiger partial charge in [0.15, 0.2) is 5.78 Å². The van der Waals surface area contributed by atoms with Crippen molar-refractivity contribution in [1.29, 1.82) is 0 Å². The summed E-state index contributed by atoms with van der Waals surface area (Å²) in [5.41, 5.74) is 2.94. The van der Waals surface area contributed by atoms with Gasteiger partial charge in [-0.05, 0) is 56.4 Å². The second kappa shape index (κ2) is 4.35. The van der Waals surface area contributed by atoms with E-state index in [-0.39, 0.29) is 11.2 Å². The van der Waals surface area contributed by atoms with Gasteiger partial charge in [0.05, 0.1) is 0 Å². The fourth-order valence-electron chi connectivity index (χ4n) is 3.23. The SMILES string of the molecule is CC(=O)C(C)=C(C)C1(C)CCCC(C)(C)C1. The lowest BCUT2D eigenvalue weighted by molar-refractivity contribution is -0.113. The third-order valence-electron chi connectivity index (χ3n) is 4.45. The molecule has 1 aliphatic rings. The largest absolute Gasteiger partial charge is 0.295 e. The summed E-state index contributed by atoms with van der Waals surface area (Å²) < 4.78 is 0. The molecule has 0 N–H and O–H groups in total. The number of carbonyl (C=O) groups excluding carboxylic acids is 1. The number of rotatable bonds is 2. The molecule has 0 aliphatic heterocycles. The summed E-state index contributed by atoms with van der Waals surface area (Å²) in [6, 6.07) is 0. The quantitative estimate of drug-likeness (QED) is 0.628. The van der Waals surface area contributed by atoms with Crippen molar-refractivity contribution in [2.75, 3.05) is 0 Å². The lowest BCUT2D eigenvalue weighted by atomic mass is 9.61. The predicted molar refractivity (Wildman–Crippen MR) is 69.4 cm³/mol. The Bertz CT molecular complexity index is 322. The van der Waals surface area contributed by atoms with E-state index < -0.39 is 0 Å². The highest BCUT2D eigenvalue weighted by molar-refractivity contribution is 5.93. The molecule has 0 saturated heterocycles. The summed E-state index contributed by atoms with van der Waals surface area (Å²) in [7, 11) is 0. The first-order valence-corrected chi connectivity index (χ1v) is 6.37. The summed E-state index contributed by atoms with van der Waals surface area (Å²) >= 11 is 0. The van der Waals surface area contributed by atoms with E-state index in [1.54, 1.807) is 6.92 Å². The van der Waals surface area contributed by atoms with Crippen molar-refractivity contribution in [1.82, 2.24) is 0 Å². The standard InChI is InChI=1S/C15H26O/c1-11(13(3)16)12(2)15(6)9-7-8-14(4,5)10-15/h7-10H2,1-6H3. The maximum absolute atomic E-state index is 11.5. The Balaban J connectivity index is 3.02. The number of ketones is 1. The lowest BCUT2D eigenvalue weighted by Gasteiger charge is -2.44. The second-order valence-corrected chi connectivity index (χ2v) is 6.56. The van der Waals surface area contributed by atoms with Crippen LogP contribution in [0.4, 0.5) is 0 Å². The smallest absolute Gasteiger partial charge is 0.155 e. The minimum Gasteiger partial charge on any atom is -0.295 e. The third-order valence-corrected chi connectivity index (χ3v) is 4.45. The molecule has 0 aromatic carbocycles. The van der Waals surface area contributed by atoms with Crippen molar-refractivity contribution >= 4 is 5.78 Å². The first-order chi connectivity index (χ1) is 7.18. The Labute approximate surface area is 100 Å². The molecule has 1 saturated carbocycles. The third kappa shape index (κ3) is 2.75. The van der Waals surface area contributed by atoms with Gasteiger partial charge in [-0.25, -0.2) is 0 Å². The molecule has 0 radical (unpaired) electrons. The molecule has 0 heterocycles. The highest BCUT2D eigenvalue weighted by Crippen LogP contribution is 2.50. The lowest BCUT2D eigenvalue weighted by Crippen LogP contribution is -2.32. The zero-order valence-electron chi connectivity index (χ0n) is 11.7. The highest BCUT2D eigenvalue weighted by Gasteiger charge is 2.38. The van der Waals surface area contributed by atoms with E-state index in [0.717, 1.165) is 5.57 Å². The van der Waals surface area contributed by atoms with E-state index >= 15 is 0 Å². The van der Waals surface area contributed by atoms with Crippen LogP contribution in [-0.2, 0) is 4.79 Å². The fourth-order valence-corrected chi connectivity index (χ4v) is 3.23. The van der Waals surface area contributed by atoms with Gasteiger partial charge in [0.2, 0.25) is 0 Å². The minimum atomic E-state index is 0.224. The average Bonchev–Trinajstić information content (AvgIpc) is 2.13. The molecule has 1 heteroatoms. The molecule has 0 aromatic rings. The highest BCUT2D eigenvalue weighted by atomic mass is 16.1. The van der Waals surface area contributed by atoms with Crippen molar-refractivity contribution in [3.05, 3.63) is 11.1 Å². The van der Waals surface area contributed by atoms with Gasteiger partial charge >= 0.3 is 0 Å². The van der Waals surface area contributed by atoms with Crippen LogP contribution < -0.4 is 0 Å². The molecule has 0 spiro atoms. The Kier molecular flexibility index (Phi) is 3.66. The molecule has 1 atom stereocenters. The van der Waals surface area contributed by atoms with E-state index in [1.165, 1.54) is 31.3 Å². The summed E-state index contributed by atoms with van der Waals surface area (Å²) in [6.45, 7) is 12.8. The molecular formula is C15H26O. The van der Waals surface area contributed by atoms with Gasteiger partial charge in [-0.1, -0.05) is 32.8 Å². The predicted octanol–water partition coefficient (Wildman–Crippen LogP) is 4.52. The molecule has 1 unspecified atom stereocenters. The zero-order chi connectivity index (χ0) is 12.6. The Hall–Kier alpha value is -0.590. The topological polar surface area (TPSA) is 17.1 Å². The average molecular weight is 222 g/mol. The van der Waals surface area contributed by atoms with Crippen LogP contribution in [0.25, 0.3) is 0 Å². The molecular weight excluding hydrogens is 196 g/mol. The van der Waals surface area contributed by atoms with Crippen LogP contribution >= 0.6 is 0 Å². The van der Waals surface area contributed by atoms with Crippen molar-refractivity contribution < 1.29 is 4.79 Å². The fraction of sp³-hybridized carbons (Fsp3) is 0.800. The second-order valence-electron chi connectivity index (χ2n) is 6.56. The minimum absolute atomic E-state index is 0.224. The number of hydrogen-bond donors (Lipinski definition) is 0. The van der Waals surface area contributed by atoms with Crippen molar-refractivity contribution in [2.45, 2.75) is 67.2 Å². The van der Waals surface area contributed by atoms with Crippen LogP contribution in [0.15, 0.2) is 11.1 Å². The van der Waals surface area contributed by atoms with E-state index in [0.29, 0.717) is 5.41 Å². The van der Waals surface area contributed by atoms with Crippen LogP contribution in [0, 0.1) is 10.8 Å². The maximum atomic E-state index is 11.5. The summed E-state index contributed by atoms with van der Waals surface area (Å²) in [4.78, 5) is 11.5. The van der Waals surface area contributed by atoms with Crippen molar-refractivity contribution in [2.24, 2.45) is 10.8 Å². The van der Waals surface area contributed by atoms with Gasteiger partial charge in [0, 0.05) is 0 Å². The van der Waals surface area contributed by atoms with Gasteiger partial charge in [0.25, 0.3) is 0 Å². The van der Waals surface area contributed by atoms with E-state index in [2.05, 4.69) is 27.7 Å². The van der Waals surface area contributed by atoms with Gasteiger partial charge in [-0.2, -0.15) is 0 Å². The monoisotopic (exact) mass is 222 g/mol. The molecule has 0 bridgehead atoms. The molecule has 1 fully saturated rings. The van der Waals surface area contributed by atoms with Crippen LogP contribution in [0.2, 0.25) is 0 Å². The van der Waals surface area contributed by atoms with E-state index in [1.807, 2.05) is 6.92 Å². The number of carbonyl (C=O) groups is 1. The summed E-state index contributed by atoms with van der Waals surface area (Å²) in [5.74, 6) is 0.224. The van der Waals surface area contributed by atoms with Crippen LogP contribution in [0.1, 0.15) is 67.2 Å². The first kappa shape index (κ1) is 13.5. The van der Waals surface area contributed by atoms with E-state index in [4.69, 9.17) is 0 Å². The number of Topliss-reactive ketones (excluding diaryl/α,β-unsaturated/α-hetero) is 1. The molecule has 16 heavy (non-hydrogen) atoms. The van der Waals surface area contributed by atoms with Crippen LogP contribution in [0.5, 0.6) is 0 Å². The summed E-state index contributed by atoms with van der Waals surface area (Å²) in [6.07, 6.45) is 5.03. The first-order valence-electron chi connectivity index (χ1n) is 6.37. The van der Waals surface area contributed by atoms with Gasteiger partial charge in [-0.15, -0.1) is 0 Å². The molecule has 1 rings (SSSR count). The Morgan fingerprint density at radius 3 is 2.00 bits per heavy atom. The number of allylic oxidation sites excluding steroid dienone is 2. The zero-order valence-corrected chi connectivity index (χ0v) is 11.7. The summed E-state index contributed by atoms with van der Waals surface area (Å²) in [5, 5.41) is 0. The molecule has 92 valence electrons. The molecule has 1 aliphatic carbocycles. The molecule has 1 nitrogen and oxygen atoms in total. The molecule has 0 amide bonds. The Morgan fingerprint density at radius 2 is 1.56 bits per heavy atom. The van der Waals surface area contributed by atoms with Crippen LogP contribution in [0.3, 0.4) is 0 Å². The molecule has 0 aromatic heterocycles. The van der Waals surface area contributed by atoms with Gasteiger partial charge < -0.3 is 0 Å².